The summed E-state index contributed by atoms with van der Waals surface area (Å²) in [5.41, 5.74) is 2.57. The van der Waals surface area contributed by atoms with Crippen molar-refractivity contribution in [2.75, 3.05) is 25.0 Å². The van der Waals surface area contributed by atoms with Gasteiger partial charge in [0.05, 0.1) is 6.61 Å². The van der Waals surface area contributed by atoms with E-state index in [1.165, 1.54) is 5.56 Å². The van der Waals surface area contributed by atoms with Crippen molar-refractivity contribution in [3.8, 4) is 0 Å². The van der Waals surface area contributed by atoms with Crippen molar-refractivity contribution < 1.29 is 9.90 Å². The van der Waals surface area contributed by atoms with Gasteiger partial charge in [0.2, 0.25) is 0 Å². The van der Waals surface area contributed by atoms with Crippen molar-refractivity contribution in [2.24, 2.45) is 0 Å². The van der Waals surface area contributed by atoms with Gasteiger partial charge in [0.25, 0.3) is 5.91 Å². The Morgan fingerprint density at radius 3 is 2.35 bits per heavy atom. The topological polar surface area (TPSA) is 61.4 Å². The van der Waals surface area contributed by atoms with Crippen LogP contribution >= 0.6 is 11.6 Å². The van der Waals surface area contributed by atoms with Crippen molar-refractivity contribution in [3.05, 3.63) is 64.7 Å². The second-order valence-electron chi connectivity index (χ2n) is 5.24. The summed E-state index contributed by atoms with van der Waals surface area (Å²) in [4.78, 5) is 12.1. The summed E-state index contributed by atoms with van der Waals surface area (Å²) in [6.07, 6.45) is 1.97. The Hall–Kier alpha value is -1.88. The number of nitrogens with one attached hydrogen (secondary N) is 2. The van der Waals surface area contributed by atoms with Crippen LogP contribution in [0.25, 0.3) is 0 Å². The lowest BCUT2D eigenvalue weighted by atomic mass is 10.1. The van der Waals surface area contributed by atoms with E-state index in [-0.39, 0.29) is 12.5 Å². The highest BCUT2D eigenvalue weighted by molar-refractivity contribution is 6.30. The van der Waals surface area contributed by atoms with E-state index in [0.717, 1.165) is 25.1 Å². The SMILES string of the molecule is O=C(Nc1ccc(CCCNCCO)cc1)c1ccc(Cl)cc1. The number of benzene rings is 2. The number of hydrogen-bond acceptors (Lipinski definition) is 3. The van der Waals surface area contributed by atoms with Crippen molar-refractivity contribution in [1.82, 2.24) is 5.32 Å². The number of carbonyl (C=O) groups excluding carboxylic acids is 1. The number of aliphatic hydroxyl groups is 1. The molecule has 0 radical (unpaired) electrons. The Kier molecular flexibility index (Phi) is 7.07. The third-order valence-electron chi connectivity index (χ3n) is 3.43. The lowest BCUT2D eigenvalue weighted by molar-refractivity contribution is 0.102. The summed E-state index contributed by atoms with van der Waals surface area (Å²) in [6, 6.07) is 14.6. The van der Waals surface area contributed by atoms with Crippen molar-refractivity contribution in [2.45, 2.75) is 12.8 Å². The molecule has 0 aliphatic heterocycles. The maximum Gasteiger partial charge on any atom is 0.255 e. The summed E-state index contributed by atoms with van der Waals surface area (Å²) in [5, 5.41) is 15.3. The van der Waals surface area contributed by atoms with Crippen molar-refractivity contribution in [3.63, 3.8) is 0 Å². The zero-order valence-corrected chi connectivity index (χ0v) is 13.6. The first-order valence-corrected chi connectivity index (χ1v) is 8.04. The lowest BCUT2D eigenvalue weighted by Crippen LogP contribution is -2.19. The number of aryl methyl sites for hydroxylation is 1. The molecule has 0 fully saturated rings. The van der Waals surface area contributed by atoms with Crippen LogP contribution in [0.15, 0.2) is 48.5 Å². The second kappa shape index (κ2) is 9.30. The van der Waals surface area contributed by atoms with Gasteiger partial charge in [0, 0.05) is 22.8 Å². The van der Waals surface area contributed by atoms with Gasteiger partial charge in [-0.3, -0.25) is 4.79 Å². The predicted molar refractivity (Wildman–Crippen MR) is 94.1 cm³/mol. The average molecular weight is 333 g/mol. The standard InChI is InChI=1S/C18H21ClN2O2/c19-16-7-5-15(6-8-16)18(23)21-17-9-3-14(4-10-17)2-1-11-20-12-13-22/h3-10,20,22H,1-2,11-13H2,(H,21,23). The highest BCUT2D eigenvalue weighted by atomic mass is 35.5. The van der Waals surface area contributed by atoms with Gasteiger partial charge < -0.3 is 15.7 Å². The summed E-state index contributed by atoms with van der Waals surface area (Å²) in [7, 11) is 0. The van der Waals surface area contributed by atoms with Gasteiger partial charge in [-0.05, 0) is 61.3 Å². The van der Waals surface area contributed by atoms with Crippen LogP contribution in [0.3, 0.4) is 0 Å². The molecule has 0 unspecified atom stereocenters. The molecule has 0 aromatic heterocycles. The van der Waals surface area contributed by atoms with E-state index in [4.69, 9.17) is 16.7 Å². The minimum absolute atomic E-state index is 0.150. The molecule has 0 spiro atoms. The van der Waals surface area contributed by atoms with Crippen LogP contribution in [0, 0.1) is 0 Å². The molecule has 0 heterocycles. The number of aliphatic hydroxyl groups excluding tert-OH is 1. The van der Waals surface area contributed by atoms with Crippen LogP contribution < -0.4 is 10.6 Å². The number of rotatable bonds is 8. The molecule has 3 N–H and O–H groups in total. The first-order valence-electron chi connectivity index (χ1n) is 7.66. The Balaban J connectivity index is 1.82. The molecular weight excluding hydrogens is 312 g/mol. The molecule has 0 aliphatic carbocycles. The largest absolute Gasteiger partial charge is 0.395 e. The molecule has 2 aromatic rings. The van der Waals surface area contributed by atoms with E-state index >= 15 is 0 Å². The number of amides is 1. The first kappa shape index (κ1) is 17.5. The fourth-order valence-electron chi connectivity index (χ4n) is 2.18. The van der Waals surface area contributed by atoms with Gasteiger partial charge in [-0.15, -0.1) is 0 Å². The monoisotopic (exact) mass is 332 g/mol. The van der Waals surface area contributed by atoms with E-state index in [0.29, 0.717) is 17.1 Å². The summed E-state index contributed by atoms with van der Waals surface area (Å²) < 4.78 is 0. The average Bonchev–Trinajstić information content (AvgIpc) is 2.57. The molecule has 4 nitrogen and oxygen atoms in total. The summed E-state index contributed by atoms with van der Waals surface area (Å²) in [5.74, 6) is -0.150. The fourth-order valence-corrected chi connectivity index (χ4v) is 2.31. The smallest absolute Gasteiger partial charge is 0.255 e. The zero-order valence-electron chi connectivity index (χ0n) is 12.9. The predicted octanol–water partition coefficient (Wildman–Crippen LogP) is 3.11. The van der Waals surface area contributed by atoms with Crippen LogP contribution in [0.5, 0.6) is 0 Å². The molecule has 5 heteroatoms. The van der Waals surface area contributed by atoms with E-state index in [1.54, 1.807) is 24.3 Å². The highest BCUT2D eigenvalue weighted by Gasteiger charge is 2.05. The van der Waals surface area contributed by atoms with Crippen LogP contribution in [0.1, 0.15) is 22.3 Å². The van der Waals surface area contributed by atoms with Crippen molar-refractivity contribution in [1.29, 1.82) is 0 Å². The van der Waals surface area contributed by atoms with E-state index in [9.17, 15) is 4.79 Å². The van der Waals surface area contributed by atoms with E-state index in [1.807, 2.05) is 24.3 Å². The van der Waals surface area contributed by atoms with Gasteiger partial charge in [0.1, 0.15) is 0 Å². The number of anilines is 1. The molecule has 23 heavy (non-hydrogen) atoms. The Morgan fingerprint density at radius 1 is 1.00 bits per heavy atom. The second-order valence-corrected chi connectivity index (χ2v) is 5.67. The molecular formula is C18H21ClN2O2. The minimum Gasteiger partial charge on any atom is -0.395 e. The van der Waals surface area contributed by atoms with Gasteiger partial charge in [-0.1, -0.05) is 23.7 Å². The van der Waals surface area contributed by atoms with E-state index in [2.05, 4.69) is 10.6 Å². The molecule has 0 saturated heterocycles. The van der Waals surface area contributed by atoms with Gasteiger partial charge >= 0.3 is 0 Å². The van der Waals surface area contributed by atoms with Crippen LogP contribution in [-0.2, 0) is 6.42 Å². The molecule has 2 aromatic carbocycles. The molecule has 2 rings (SSSR count). The number of carbonyl (C=O) groups is 1. The van der Waals surface area contributed by atoms with Crippen molar-refractivity contribution >= 4 is 23.2 Å². The number of hydrogen-bond donors (Lipinski definition) is 3. The van der Waals surface area contributed by atoms with Gasteiger partial charge in [-0.2, -0.15) is 0 Å². The highest BCUT2D eigenvalue weighted by Crippen LogP contribution is 2.14. The van der Waals surface area contributed by atoms with E-state index < -0.39 is 0 Å². The molecule has 122 valence electrons. The maximum absolute atomic E-state index is 12.1. The van der Waals surface area contributed by atoms with Crippen LogP contribution in [0.4, 0.5) is 5.69 Å². The Morgan fingerprint density at radius 2 is 1.70 bits per heavy atom. The van der Waals surface area contributed by atoms with Crippen LogP contribution in [-0.4, -0.2) is 30.7 Å². The Bertz CT molecular complexity index is 612. The summed E-state index contributed by atoms with van der Waals surface area (Å²) in [6.45, 7) is 1.69. The third kappa shape index (κ3) is 6.02. The van der Waals surface area contributed by atoms with Crippen LogP contribution in [0.2, 0.25) is 5.02 Å². The lowest BCUT2D eigenvalue weighted by Gasteiger charge is -2.07. The molecule has 1 amide bonds. The minimum atomic E-state index is -0.150. The van der Waals surface area contributed by atoms with Gasteiger partial charge in [0.15, 0.2) is 0 Å². The Labute approximate surface area is 141 Å². The molecule has 0 aliphatic rings. The first-order chi connectivity index (χ1) is 11.2. The third-order valence-corrected chi connectivity index (χ3v) is 3.68. The molecule has 0 saturated carbocycles. The quantitative estimate of drug-likeness (QED) is 0.651. The van der Waals surface area contributed by atoms with Gasteiger partial charge in [-0.25, -0.2) is 0 Å². The summed E-state index contributed by atoms with van der Waals surface area (Å²) >= 11 is 5.82. The normalized spacial score (nSPS) is 10.5. The molecule has 0 bridgehead atoms. The number of halogens is 1. The maximum atomic E-state index is 12.1. The fraction of sp³-hybridized carbons (Fsp3) is 0.278. The molecule has 0 atom stereocenters. The zero-order chi connectivity index (χ0) is 16.5.